The van der Waals surface area contributed by atoms with E-state index in [-0.39, 0.29) is 17.3 Å². The van der Waals surface area contributed by atoms with E-state index in [1.807, 2.05) is 39.2 Å². The summed E-state index contributed by atoms with van der Waals surface area (Å²) >= 11 is 1.53. The van der Waals surface area contributed by atoms with Crippen molar-refractivity contribution in [3.8, 4) is 0 Å². The van der Waals surface area contributed by atoms with Gasteiger partial charge in [-0.25, -0.2) is 13.2 Å². The number of nitrogens with two attached hydrogens (primary N) is 1. The van der Waals surface area contributed by atoms with Crippen LogP contribution in [-0.4, -0.2) is 47.1 Å². The molecule has 1 aromatic heterocycles. The second-order valence-electron chi connectivity index (χ2n) is 9.52. The van der Waals surface area contributed by atoms with Gasteiger partial charge in [0.05, 0.1) is 16.3 Å². The van der Waals surface area contributed by atoms with E-state index in [2.05, 4.69) is 11.9 Å². The Kier molecular flexibility index (Phi) is 16.2. The first-order valence-corrected chi connectivity index (χ1v) is 14.4. The average Bonchev–Trinajstić information content (AvgIpc) is 2.93. The van der Waals surface area contributed by atoms with Crippen molar-refractivity contribution in [2.24, 2.45) is 5.92 Å². The molecular formula is C30H41F3N6O2S. The maximum atomic E-state index is 13.5. The van der Waals surface area contributed by atoms with Crippen LogP contribution >= 0.6 is 11.9 Å². The summed E-state index contributed by atoms with van der Waals surface area (Å²) in [5, 5.41) is 18.2. The van der Waals surface area contributed by atoms with Crippen molar-refractivity contribution < 1.29 is 18.1 Å². The molecule has 0 radical (unpaired) electrons. The molecule has 0 aliphatic rings. The number of nitrogens with one attached hydrogen (secondary N) is 1. The largest absolute Gasteiger partial charge is 0.397 e. The lowest BCUT2D eigenvalue weighted by atomic mass is 9.99. The topological polar surface area (TPSA) is 112 Å². The van der Waals surface area contributed by atoms with E-state index >= 15 is 0 Å². The maximum Gasteiger partial charge on any atom is 0.269 e. The number of benzene rings is 2. The van der Waals surface area contributed by atoms with Crippen LogP contribution in [0.15, 0.2) is 59.6 Å². The number of nitro benzene ring substituents is 1. The SMILES string of the molecule is CCC(C)C(=N)c1ncccc1N.CCCN(CCC)c1c(F)cc(F)cc1F.CN(C)Sc1ccc([N+](=O)[O-])cc1. The number of hydrogen-bond donors (Lipinski definition) is 2. The number of non-ortho nitro benzene ring substituents is 1. The molecule has 0 aliphatic heterocycles. The number of halogens is 3. The summed E-state index contributed by atoms with van der Waals surface area (Å²) in [5.41, 5.74) is 7.46. The molecule has 0 saturated carbocycles. The minimum atomic E-state index is -0.883. The van der Waals surface area contributed by atoms with E-state index in [1.54, 1.807) is 35.4 Å². The molecule has 1 atom stereocenters. The second-order valence-corrected chi connectivity index (χ2v) is 10.9. The normalized spacial score (nSPS) is 11.1. The fraction of sp³-hybridized carbons (Fsp3) is 0.400. The van der Waals surface area contributed by atoms with E-state index in [4.69, 9.17) is 11.1 Å². The number of hydrogen-bond acceptors (Lipinski definition) is 8. The van der Waals surface area contributed by atoms with Crippen LogP contribution in [0.1, 0.15) is 52.7 Å². The zero-order valence-electron chi connectivity index (χ0n) is 25.0. The van der Waals surface area contributed by atoms with Gasteiger partial charge in [0.25, 0.3) is 5.69 Å². The quantitative estimate of drug-likeness (QED) is 0.0985. The highest BCUT2D eigenvalue weighted by Gasteiger charge is 2.17. The van der Waals surface area contributed by atoms with Gasteiger partial charge >= 0.3 is 0 Å². The van der Waals surface area contributed by atoms with Crippen LogP contribution in [-0.2, 0) is 0 Å². The molecule has 0 amide bonds. The van der Waals surface area contributed by atoms with Gasteiger partial charge < -0.3 is 16.0 Å². The lowest BCUT2D eigenvalue weighted by Crippen LogP contribution is -2.27. The number of anilines is 2. The molecule has 0 aliphatic carbocycles. The van der Waals surface area contributed by atoms with Crippen LogP contribution in [0.2, 0.25) is 0 Å². The first-order chi connectivity index (χ1) is 19.9. The Morgan fingerprint density at radius 1 is 1.05 bits per heavy atom. The van der Waals surface area contributed by atoms with Crippen molar-refractivity contribution in [1.29, 1.82) is 5.41 Å². The lowest BCUT2D eigenvalue weighted by molar-refractivity contribution is -0.384. The third-order valence-corrected chi connectivity index (χ3v) is 6.67. The molecule has 2 aromatic carbocycles. The predicted molar refractivity (Wildman–Crippen MR) is 167 cm³/mol. The van der Waals surface area contributed by atoms with Crippen molar-refractivity contribution in [1.82, 2.24) is 9.29 Å². The number of rotatable bonds is 11. The predicted octanol–water partition coefficient (Wildman–Crippen LogP) is 7.97. The Morgan fingerprint density at radius 3 is 2.02 bits per heavy atom. The molecule has 0 bridgehead atoms. The Balaban J connectivity index is 0.000000318. The van der Waals surface area contributed by atoms with Crippen LogP contribution in [0.5, 0.6) is 0 Å². The van der Waals surface area contributed by atoms with Gasteiger partial charge in [-0.3, -0.25) is 19.4 Å². The molecule has 0 saturated heterocycles. The van der Waals surface area contributed by atoms with Crippen molar-refractivity contribution in [2.75, 3.05) is 37.8 Å². The van der Waals surface area contributed by atoms with E-state index in [0.717, 1.165) is 36.3 Å². The summed E-state index contributed by atoms with van der Waals surface area (Å²) in [6, 6.07) is 11.5. The van der Waals surface area contributed by atoms with Gasteiger partial charge in [0.1, 0.15) is 17.2 Å². The summed E-state index contributed by atoms with van der Waals surface area (Å²) in [4.78, 5) is 16.6. The van der Waals surface area contributed by atoms with Crippen LogP contribution in [0.4, 0.5) is 30.2 Å². The first kappa shape index (κ1) is 36.4. The standard InChI is InChI=1S/C12H16F3N.C10H15N3.C8H10N2O2S/c1-3-5-16(6-4-2)12-10(14)7-9(13)8-11(12)15;1-3-7(2)9(12)10-8(11)5-4-6-13-10;1-9(2)13-8-5-3-7(4-6-8)10(11)12/h7-8H,3-6H2,1-2H3;4-7,12H,3,11H2,1-2H3;3-6H,1-2H3. The minimum absolute atomic E-state index is 0.120. The van der Waals surface area contributed by atoms with Gasteiger partial charge in [-0.2, -0.15) is 0 Å². The molecule has 3 N–H and O–H groups in total. The zero-order chi connectivity index (χ0) is 31.8. The summed E-state index contributed by atoms with van der Waals surface area (Å²) in [7, 11) is 3.85. The fourth-order valence-electron chi connectivity index (χ4n) is 3.63. The molecule has 12 heteroatoms. The Labute approximate surface area is 250 Å². The van der Waals surface area contributed by atoms with Crippen LogP contribution < -0.4 is 10.6 Å². The molecule has 0 fully saturated rings. The Bertz CT molecular complexity index is 1250. The van der Waals surface area contributed by atoms with Crippen LogP contribution in [0.3, 0.4) is 0 Å². The molecule has 0 spiro atoms. The molecule has 3 rings (SSSR count). The Morgan fingerprint density at radius 2 is 1.60 bits per heavy atom. The number of nitrogen functional groups attached to an aromatic ring is 1. The number of nitrogens with zero attached hydrogens (tertiary/aromatic N) is 4. The highest BCUT2D eigenvalue weighted by Crippen LogP contribution is 2.25. The van der Waals surface area contributed by atoms with Crippen molar-refractivity contribution in [2.45, 2.75) is 51.9 Å². The smallest absolute Gasteiger partial charge is 0.269 e. The van der Waals surface area contributed by atoms with E-state index in [1.165, 1.54) is 24.1 Å². The van der Waals surface area contributed by atoms with Crippen molar-refractivity contribution >= 4 is 34.7 Å². The highest BCUT2D eigenvalue weighted by atomic mass is 32.2. The maximum absolute atomic E-state index is 13.5. The monoisotopic (exact) mass is 606 g/mol. The summed E-state index contributed by atoms with van der Waals surface area (Å²) < 4.78 is 41.6. The molecule has 1 unspecified atom stereocenters. The molecule has 3 aromatic rings. The molecular weight excluding hydrogens is 565 g/mol. The number of nitro groups is 1. The molecule has 42 heavy (non-hydrogen) atoms. The van der Waals surface area contributed by atoms with Crippen LogP contribution in [0.25, 0.3) is 0 Å². The molecule has 230 valence electrons. The third-order valence-electron chi connectivity index (χ3n) is 5.82. The number of aromatic nitrogens is 1. The second kappa shape index (κ2) is 18.7. The van der Waals surface area contributed by atoms with Gasteiger partial charge in [0.15, 0.2) is 11.6 Å². The van der Waals surface area contributed by atoms with Gasteiger partial charge in [-0.05, 0) is 75.5 Å². The average molecular weight is 607 g/mol. The van der Waals surface area contributed by atoms with Crippen molar-refractivity contribution in [3.63, 3.8) is 0 Å². The zero-order valence-corrected chi connectivity index (χ0v) is 25.9. The first-order valence-electron chi connectivity index (χ1n) is 13.6. The summed E-state index contributed by atoms with van der Waals surface area (Å²) in [5.74, 6) is -2.33. The molecule has 1 heterocycles. The van der Waals surface area contributed by atoms with Gasteiger partial charge in [0, 0.05) is 48.4 Å². The Hall–Kier alpha value is -3.64. The summed E-state index contributed by atoms with van der Waals surface area (Å²) in [6.07, 6.45) is 4.18. The minimum Gasteiger partial charge on any atom is -0.397 e. The lowest BCUT2D eigenvalue weighted by Gasteiger charge is -2.24. The van der Waals surface area contributed by atoms with E-state index in [9.17, 15) is 23.3 Å². The van der Waals surface area contributed by atoms with Gasteiger partial charge in [0.2, 0.25) is 0 Å². The van der Waals surface area contributed by atoms with Gasteiger partial charge in [-0.1, -0.05) is 27.7 Å². The summed E-state index contributed by atoms with van der Waals surface area (Å²) in [6.45, 7) is 9.05. The van der Waals surface area contributed by atoms with E-state index < -0.39 is 22.4 Å². The van der Waals surface area contributed by atoms with Crippen molar-refractivity contribution in [3.05, 3.63) is 88.0 Å². The third kappa shape index (κ3) is 12.1. The highest BCUT2D eigenvalue weighted by molar-refractivity contribution is 7.97. The number of pyridine rings is 1. The fourth-order valence-corrected chi connectivity index (χ4v) is 4.31. The molecule has 8 nitrogen and oxygen atoms in total. The van der Waals surface area contributed by atoms with Crippen LogP contribution in [0, 0.1) is 38.9 Å². The van der Waals surface area contributed by atoms with E-state index in [0.29, 0.717) is 30.2 Å². The van der Waals surface area contributed by atoms with Gasteiger partial charge in [-0.15, -0.1) is 0 Å².